The molecule has 4 nitrogen and oxygen atoms in total. The summed E-state index contributed by atoms with van der Waals surface area (Å²) in [5.41, 5.74) is 1.30. The van der Waals surface area contributed by atoms with Gasteiger partial charge < -0.3 is 4.74 Å². The van der Waals surface area contributed by atoms with Crippen LogP contribution in [-0.2, 0) is 4.74 Å². The molecule has 0 heterocycles. The summed E-state index contributed by atoms with van der Waals surface area (Å²) < 4.78 is 4.55. The van der Waals surface area contributed by atoms with Gasteiger partial charge in [-0.15, -0.1) is 0 Å². The average molecular weight is 203 g/mol. The smallest absolute Gasteiger partial charge is 0.338 e. The molecule has 0 N–H and O–H groups in total. The number of carbonyl (C=O) groups excluding carboxylic acids is 2. The fourth-order valence-electron chi connectivity index (χ4n) is 1.35. The van der Waals surface area contributed by atoms with Crippen molar-refractivity contribution in [2.24, 2.45) is 0 Å². The Morgan fingerprint density at radius 2 is 2.20 bits per heavy atom. The lowest BCUT2D eigenvalue weighted by molar-refractivity contribution is 0.0597. The van der Waals surface area contributed by atoms with E-state index in [4.69, 9.17) is 5.26 Å². The molecule has 0 aliphatic carbocycles. The van der Waals surface area contributed by atoms with Crippen LogP contribution in [0.2, 0.25) is 0 Å². The number of aryl methyl sites for hydroxylation is 1. The number of methoxy groups -OCH3 is 1. The molecule has 0 fully saturated rings. The van der Waals surface area contributed by atoms with E-state index >= 15 is 0 Å². The predicted octanol–water partition coefficient (Wildman–Crippen LogP) is 1.47. The first-order chi connectivity index (χ1) is 7.13. The van der Waals surface area contributed by atoms with E-state index in [0.29, 0.717) is 17.4 Å². The molecule has 0 saturated carbocycles. The number of nitriles is 1. The zero-order chi connectivity index (χ0) is 11.4. The van der Waals surface area contributed by atoms with Gasteiger partial charge in [0.15, 0.2) is 6.29 Å². The van der Waals surface area contributed by atoms with Crippen molar-refractivity contribution in [2.75, 3.05) is 7.11 Å². The average Bonchev–Trinajstić information content (AvgIpc) is 2.26. The molecule has 1 aromatic rings. The fraction of sp³-hybridized carbons (Fsp3) is 0.182. The minimum absolute atomic E-state index is 0.179. The molecular formula is C11H9NO3. The van der Waals surface area contributed by atoms with Gasteiger partial charge in [0.1, 0.15) is 0 Å². The van der Waals surface area contributed by atoms with Crippen LogP contribution in [0.3, 0.4) is 0 Å². The fourth-order valence-corrected chi connectivity index (χ4v) is 1.35. The molecular weight excluding hydrogens is 194 g/mol. The predicted molar refractivity (Wildman–Crippen MR) is 52.6 cm³/mol. The second kappa shape index (κ2) is 4.38. The van der Waals surface area contributed by atoms with E-state index < -0.39 is 5.97 Å². The Morgan fingerprint density at radius 1 is 1.53 bits per heavy atom. The first-order valence-electron chi connectivity index (χ1n) is 4.22. The SMILES string of the molecule is COC(=O)c1c(C)cc(C#N)cc1C=O. The summed E-state index contributed by atoms with van der Waals surface area (Å²) in [6.45, 7) is 1.65. The maximum absolute atomic E-state index is 11.3. The third-order valence-electron chi connectivity index (χ3n) is 2.01. The maximum Gasteiger partial charge on any atom is 0.338 e. The summed E-state index contributed by atoms with van der Waals surface area (Å²) in [5, 5.41) is 8.69. The summed E-state index contributed by atoms with van der Waals surface area (Å²) in [4.78, 5) is 22.1. The number of nitrogens with zero attached hydrogens (tertiary/aromatic N) is 1. The summed E-state index contributed by atoms with van der Waals surface area (Å²) in [6, 6.07) is 4.82. The normalized spacial score (nSPS) is 9.13. The number of benzene rings is 1. The van der Waals surface area contributed by atoms with Crippen molar-refractivity contribution in [3.63, 3.8) is 0 Å². The van der Waals surface area contributed by atoms with Crippen LogP contribution in [0.15, 0.2) is 12.1 Å². The third kappa shape index (κ3) is 2.02. The molecule has 0 saturated heterocycles. The van der Waals surface area contributed by atoms with Crippen molar-refractivity contribution >= 4 is 12.3 Å². The molecule has 0 bridgehead atoms. The van der Waals surface area contributed by atoms with Gasteiger partial charge >= 0.3 is 5.97 Å². The highest BCUT2D eigenvalue weighted by molar-refractivity contribution is 5.99. The van der Waals surface area contributed by atoms with Crippen LogP contribution < -0.4 is 0 Å². The number of aldehydes is 1. The van der Waals surface area contributed by atoms with Crippen molar-refractivity contribution in [1.29, 1.82) is 5.26 Å². The van der Waals surface area contributed by atoms with Crippen molar-refractivity contribution in [1.82, 2.24) is 0 Å². The summed E-state index contributed by atoms with van der Waals surface area (Å²) in [7, 11) is 1.24. The molecule has 15 heavy (non-hydrogen) atoms. The van der Waals surface area contributed by atoms with Gasteiger partial charge in [0.05, 0.1) is 24.3 Å². The molecule has 76 valence electrons. The lowest BCUT2D eigenvalue weighted by atomic mass is 9.99. The molecule has 0 atom stereocenters. The third-order valence-corrected chi connectivity index (χ3v) is 2.01. The second-order valence-corrected chi connectivity index (χ2v) is 2.98. The molecule has 1 rings (SSSR count). The number of rotatable bonds is 2. The second-order valence-electron chi connectivity index (χ2n) is 2.98. The minimum atomic E-state index is -0.570. The van der Waals surface area contributed by atoms with Gasteiger partial charge in [-0.3, -0.25) is 4.79 Å². The number of ether oxygens (including phenoxy) is 1. The summed E-state index contributed by atoms with van der Waals surface area (Å²) in [5.74, 6) is -0.570. The number of hydrogen-bond acceptors (Lipinski definition) is 4. The van der Waals surface area contributed by atoms with Gasteiger partial charge in [-0.25, -0.2) is 4.79 Å². The van der Waals surface area contributed by atoms with Crippen LogP contribution in [-0.4, -0.2) is 19.4 Å². The Morgan fingerprint density at radius 3 is 2.67 bits per heavy atom. The van der Waals surface area contributed by atoms with E-state index in [2.05, 4.69) is 4.74 Å². The number of carbonyl (C=O) groups is 2. The zero-order valence-corrected chi connectivity index (χ0v) is 8.40. The molecule has 0 aliphatic rings. The van der Waals surface area contributed by atoms with Crippen LogP contribution in [0.5, 0.6) is 0 Å². The number of hydrogen-bond donors (Lipinski definition) is 0. The largest absolute Gasteiger partial charge is 0.465 e. The lowest BCUT2D eigenvalue weighted by Gasteiger charge is -2.06. The van der Waals surface area contributed by atoms with E-state index in [1.165, 1.54) is 13.2 Å². The highest BCUT2D eigenvalue weighted by Gasteiger charge is 2.15. The Bertz CT molecular complexity index is 458. The van der Waals surface area contributed by atoms with Crippen molar-refractivity contribution in [3.8, 4) is 6.07 Å². The molecule has 0 amide bonds. The molecule has 0 aliphatic heterocycles. The van der Waals surface area contributed by atoms with Gasteiger partial charge in [-0.05, 0) is 24.6 Å². The quantitative estimate of drug-likeness (QED) is 0.539. The standard InChI is InChI=1S/C11H9NO3/c1-7-3-8(5-12)4-9(6-13)10(7)11(14)15-2/h3-4,6H,1-2H3. The van der Waals surface area contributed by atoms with Gasteiger partial charge in [0.25, 0.3) is 0 Å². The zero-order valence-electron chi connectivity index (χ0n) is 8.40. The first-order valence-corrected chi connectivity index (χ1v) is 4.22. The van der Waals surface area contributed by atoms with E-state index in [1.807, 2.05) is 6.07 Å². The van der Waals surface area contributed by atoms with E-state index in [0.717, 1.165) is 0 Å². The summed E-state index contributed by atoms with van der Waals surface area (Å²) >= 11 is 0. The van der Waals surface area contributed by atoms with E-state index in [1.54, 1.807) is 13.0 Å². The molecule has 0 aromatic heterocycles. The van der Waals surface area contributed by atoms with Crippen molar-refractivity contribution in [2.45, 2.75) is 6.92 Å². The van der Waals surface area contributed by atoms with Crippen LogP contribution in [0.1, 0.15) is 31.8 Å². The van der Waals surface area contributed by atoms with Crippen LogP contribution in [0.25, 0.3) is 0 Å². The monoisotopic (exact) mass is 203 g/mol. The molecule has 0 spiro atoms. The van der Waals surface area contributed by atoms with Crippen LogP contribution in [0.4, 0.5) is 0 Å². The van der Waals surface area contributed by atoms with Gasteiger partial charge in [0.2, 0.25) is 0 Å². The highest BCUT2D eigenvalue weighted by atomic mass is 16.5. The van der Waals surface area contributed by atoms with Gasteiger partial charge in [0, 0.05) is 5.56 Å². The maximum atomic E-state index is 11.3. The van der Waals surface area contributed by atoms with E-state index in [-0.39, 0.29) is 11.1 Å². The Hall–Kier alpha value is -2.15. The van der Waals surface area contributed by atoms with Crippen LogP contribution in [0, 0.1) is 18.3 Å². The van der Waals surface area contributed by atoms with Crippen molar-refractivity contribution < 1.29 is 14.3 Å². The van der Waals surface area contributed by atoms with Gasteiger partial charge in [-0.2, -0.15) is 5.26 Å². The molecule has 4 heteroatoms. The topological polar surface area (TPSA) is 67.2 Å². The highest BCUT2D eigenvalue weighted by Crippen LogP contribution is 2.16. The molecule has 0 radical (unpaired) electrons. The van der Waals surface area contributed by atoms with E-state index in [9.17, 15) is 9.59 Å². The van der Waals surface area contributed by atoms with Crippen molar-refractivity contribution in [3.05, 3.63) is 34.4 Å². The Balaban J connectivity index is 3.45. The Labute approximate surface area is 87.1 Å². The summed E-state index contributed by atoms with van der Waals surface area (Å²) in [6.07, 6.45) is 0.542. The van der Waals surface area contributed by atoms with Gasteiger partial charge in [-0.1, -0.05) is 0 Å². The van der Waals surface area contributed by atoms with Crippen LogP contribution >= 0.6 is 0 Å². The number of esters is 1. The first kappa shape index (κ1) is 10.9. The lowest BCUT2D eigenvalue weighted by Crippen LogP contribution is -2.08. The minimum Gasteiger partial charge on any atom is -0.465 e. The Kier molecular flexibility index (Phi) is 3.19. The molecule has 1 aromatic carbocycles. The molecule has 0 unspecified atom stereocenters.